The predicted octanol–water partition coefficient (Wildman–Crippen LogP) is 2.21. The fourth-order valence-electron chi connectivity index (χ4n) is 2.25. The lowest BCUT2D eigenvalue weighted by atomic mass is 10.1. The molecule has 0 aliphatic rings. The number of nitrogens with one attached hydrogen (secondary N) is 2. The van der Waals surface area contributed by atoms with E-state index in [0.29, 0.717) is 4.88 Å². The summed E-state index contributed by atoms with van der Waals surface area (Å²) in [6.45, 7) is 3.19. The highest BCUT2D eigenvalue weighted by atomic mass is 32.2. The Morgan fingerprint density at radius 1 is 1.15 bits per heavy atom. The minimum absolute atomic E-state index is 0.0266. The van der Waals surface area contributed by atoms with E-state index >= 15 is 0 Å². The SMILES string of the molecule is Cc1ccc(-c2ccc(C(=O)NCCC(C)(C(=O)NO)S(C)(=O)=O)s2)s1. The summed E-state index contributed by atoms with van der Waals surface area (Å²) < 4.78 is 21.9. The number of thiophene rings is 2. The average Bonchev–Trinajstić information content (AvgIpc) is 3.21. The van der Waals surface area contributed by atoms with Crippen LogP contribution in [0.25, 0.3) is 9.75 Å². The van der Waals surface area contributed by atoms with Crippen LogP contribution in [-0.4, -0.2) is 43.0 Å². The van der Waals surface area contributed by atoms with Crippen molar-refractivity contribution in [2.24, 2.45) is 0 Å². The summed E-state index contributed by atoms with van der Waals surface area (Å²) in [6, 6.07) is 7.58. The first-order valence-electron chi connectivity index (χ1n) is 7.67. The standard InChI is InChI=1S/C16H20N2O5S3/c1-10-4-5-11(24-10)12-6-7-13(25-12)14(19)17-9-8-16(2,15(20)18-21)26(3,22)23/h4-7,21H,8-9H2,1-3H3,(H,17,19)(H,18,20). The number of hydrogen-bond acceptors (Lipinski definition) is 7. The molecule has 26 heavy (non-hydrogen) atoms. The van der Waals surface area contributed by atoms with Gasteiger partial charge in [0.1, 0.15) is 0 Å². The highest BCUT2D eigenvalue weighted by Crippen LogP contribution is 2.33. The van der Waals surface area contributed by atoms with E-state index in [1.165, 1.54) is 28.6 Å². The fourth-order valence-corrected chi connectivity index (χ4v) is 4.98. The smallest absolute Gasteiger partial charge is 0.264 e. The molecule has 0 bridgehead atoms. The van der Waals surface area contributed by atoms with Gasteiger partial charge in [0.2, 0.25) is 0 Å². The van der Waals surface area contributed by atoms with E-state index in [0.717, 1.165) is 16.0 Å². The molecule has 0 aliphatic carbocycles. The van der Waals surface area contributed by atoms with Gasteiger partial charge < -0.3 is 5.32 Å². The first-order chi connectivity index (χ1) is 12.1. The van der Waals surface area contributed by atoms with Crippen LogP contribution < -0.4 is 10.8 Å². The van der Waals surface area contributed by atoms with Crippen LogP contribution in [0.1, 0.15) is 27.9 Å². The molecule has 0 aromatic carbocycles. The zero-order valence-corrected chi connectivity index (χ0v) is 17.0. The third-order valence-electron chi connectivity index (χ3n) is 4.10. The molecule has 0 saturated heterocycles. The van der Waals surface area contributed by atoms with E-state index in [2.05, 4.69) is 5.32 Å². The maximum atomic E-state index is 12.3. The van der Waals surface area contributed by atoms with Gasteiger partial charge in [0.15, 0.2) is 14.6 Å². The number of aryl methyl sites for hydroxylation is 1. The molecule has 2 amide bonds. The summed E-state index contributed by atoms with van der Waals surface area (Å²) in [5.41, 5.74) is 1.38. The molecule has 7 nitrogen and oxygen atoms in total. The fraction of sp³-hybridized carbons (Fsp3) is 0.375. The van der Waals surface area contributed by atoms with E-state index in [4.69, 9.17) is 5.21 Å². The first kappa shape index (κ1) is 20.6. The van der Waals surface area contributed by atoms with E-state index < -0.39 is 20.5 Å². The third kappa shape index (κ3) is 4.32. The number of amides is 2. The molecule has 0 fully saturated rings. The maximum absolute atomic E-state index is 12.3. The normalized spacial score (nSPS) is 13.8. The quantitative estimate of drug-likeness (QED) is 0.473. The Balaban J connectivity index is 2.02. The molecule has 1 unspecified atom stereocenters. The second-order valence-corrected chi connectivity index (χ2v) is 10.8. The molecule has 0 spiro atoms. The lowest BCUT2D eigenvalue weighted by molar-refractivity contribution is -0.131. The zero-order chi connectivity index (χ0) is 19.5. The lowest BCUT2D eigenvalue weighted by Crippen LogP contribution is -2.50. The van der Waals surface area contributed by atoms with Crippen LogP contribution in [0.3, 0.4) is 0 Å². The number of sulfone groups is 1. The van der Waals surface area contributed by atoms with Crippen molar-refractivity contribution in [2.45, 2.75) is 25.0 Å². The maximum Gasteiger partial charge on any atom is 0.264 e. The Hall–Kier alpha value is -1.75. The van der Waals surface area contributed by atoms with Crippen LogP contribution in [0.2, 0.25) is 0 Å². The largest absolute Gasteiger partial charge is 0.351 e. The third-order valence-corrected chi connectivity index (χ3v) is 8.41. The molecular formula is C16H20N2O5S3. The van der Waals surface area contributed by atoms with Crippen molar-refractivity contribution < 1.29 is 23.2 Å². The predicted molar refractivity (Wildman–Crippen MR) is 102 cm³/mol. The van der Waals surface area contributed by atoms with Gasteiger partial charge in [0, 0.05) is 27.4 Å². The molecule has 2 rings (SSSR count). The van der Waals surface area contributed by atoms with E-state index in [1.54, 1.807) is 17.4 Å². The lowest BCUT2D eigenvalue weighted by Gasteiger charge is -2.24. The summed E-state index contributed by atoms with van der Waals surface area (Å²) >= 11 is 2.98. The molecule has 2 aromatic rings. The van der Waals surface area contributed by atoms with Gasteiger partial charge in [0.25, 0.3) is 11.8 Å². The summed E-state index contributed by atoms with van der Waals surface area (Å²) in [5.74, 6) is -1.37. The molecule has 0 radical (unpaired) electrons. The van der Waals surface area contributed by atoms with E-state index in [9.17, 15) is 18.0 Å². The van der Waals surface area contributed by atoms with Crippen LogP contribution in [0.4, 0.5) is 0 Å². The van der Waals surface area contributed by atoms with Crippen molar-refractivity contribution in [2.75, 3.05) is 12.8 Å². The van der Waals surface area contributed by atoms with Crippen molar-refractivity contribution in [3.05, 3.63) is 34.0 Å². The van der Waals surface area contributed by atoms with E-state index in [1.807, 2.05) is 25.1 Å². The molecule has 142 valence electrons. The van der Waals surface area contributed by atoms with Gasteiger partial charge in [-0.05, 0) is 44.5 Å². The van der Waals surface area contributed by atoms with Crippen LogP contribution in [0, 0.1) is 6.92 Å². The molecule has 1 atom stereocenters. The molecular weight excluding hydrogens is 396 g/mol. The summed E-state index contributed by atoms with van der Waals surface area (Å²) in [6.07, 6.45) is 0.755. The number of rotatable bonds is 7. The van der Waals surface area contributed by atoms with E-state index in [-0.39, 0.29) is 18.9 Å². The van der Waals surface area contributed by atoms with Crippen LogP contribution in [0.5, 0.6) is 0 Å². The minimum atomic E-state index is -3.79. The first-order valence-corrected chi connectivity index (χ1v) is 11.2. The van der Waals surface area contributed by atoms with Crippen molar-refractivity contribution >= 4 is 44.3 Å². The van der Waals surface area contributed by atoms with Crippen molar-refractivity contribution in [3.8, 4) is 9.75 Å². The highest BCUT2D eigenvalue weighted by molar-refractivity contribution is 7.92. The molecule has 2 aromatic heterocycles. The van der Waals surface area contributed by atoms with Gasteiger partial charge in [-0.25, -0.2) is 13.9 Å². The van der Waals surface area contributed by atoms with Gasteiger partial charge in [-0.3, -0.25) is 14.8 Å². The number of hydrogen-bond donors (Lipinski definition) is 3. The average molecular weight is 417 g/mol. The second-order valence-electron chi connectivity index (χ2n) is 6.02. The second kappa shape index (κ2) is 7.87. The van der Waals surface area contributed by atoms with Crippen LogP contribution in [-0.2, 0) is 14.6 Å². The molecule has 10 heteroatoms. The molecule has 0 aliphatic heterocycles. The summed E-state index contributed by atoms with van der Waals surface area (Å²) in [7, 11) is -3.79. The molecule has 0 saturated carbocycles. The number of carbonyl (C=O) groups excluding carboxylic acids is 2. The number of carbonyl (C=O) groups is 2. The van der Waals surface area contributed by atoms with Gasteiger partial charge in [-0.15, -0.1) is 22.7 Å². The summed E-state index contributed by atoms with van der Waals surface area (Å²) in [4.78, 5) is 27.8. The van der Waals surface area contributed by atoms with Crippen LogP contribution in [0.15, 0.2) is 24.3 Å². The van der Waals surface area contributed by atoms with Gasteiger partial charge in [-0.1, -0.05) is 0 Å². The van der Waals surface area contributed by atoms with Crippen molar-refractivity contribution in [1.82, 2.24) is 10.8 Å². The minimum Gasteiger partial charge on any atom is -0.351 e. The van der Waals surface area contributed by atoms with Gasteiger partial charge in [0.05, 0.1) is 4.88 Å². The Kier molecular flexibility index (Phi) is 6.22. The highest BCUT2D eigenvalue weighted by Gasteiger charge is 2.43. The summed E-state index contributed by atoms with van der Waals surface area (Å²) in [5, 5.41) is 11.4. The molecule has 3 N–H and O–H groups in total. The van der Waals surface area contributed by atoms with Gasteiger partial charge >= 0.3 is 0 Å². The molecule has 2 heterocycles. The Morgan fingerprint density at radius 2 is 1.77 bits per heavy atom. The zero-order valence-electron chi connectivity index (χ0n) is 14.5. The van der Waals surface area contributed by atoms with Gasteiger partial charge in [-0.2, -0.15) is 0 Å². The van der Waals surface area contributed by atoms with Crippen LogP contribution >= 0.6 is 22.7 Å². The Labute approximate surface area is 159 Å². The van der Waals surface area contributed by atoms with Crippen molar-refractivity contribution in [3.63, 3.8) is 0 Å². The van der Waals surface area contributed by atoms with Crippen molar-refractivity contribution in [1.29, 1.82) is 0 Å². The topological polar surface area (TPSA) is 113 Å². The Bertz CT molecular complexity index is 916. The Morgan fingerprint density at radius 3 is 2.31 bits per heavy atom. The monoisotopic (exact) mass is 416 g/mol. The number of hydroxylamine groups is 1.